The molecule has 0 spiro atoms. The highest BCUT2D eigenvalue weighted by Crippen LogP contribution is 2.64. The van der Waals surface area contributed by atoms with Crippen LogP contribution in [0.15, 0.2) is 30.3 Å². The predicted octanol–water partition coefficient (Wildman–Crippen LogP) is 2.83. The molecule has 0 unspecified atom stereocenters. The maximum absolute atomic E-state index is 11.6. The van der Waals surface area contributed by atoms with Crippen molar-refractivity contribution in [2.45, 2.75) is 43.6 Å². The molecular formula is C18H22O3. The molecule has 0 heterocycles. The van der Waals surface area contributed by atoms with Crippen molar-refractivity contribution in [3.8, 4) is 0 Å². The molecule has 1 aromatic carbocycles. The van der Waals surface area contributed by atoms with E-state index >= 15 is 0 Å². The van der Waals surface area contributed by atoms with Gasteiger partial charge in [-0.1, -0.05) is 30.3 Å². The first-order valence-electron chi connectivity index (χ1n) is 8.06. The van der Waals surface area contributed by atoms with Crippen molar-refractivity contribution in [1.82, 2.24) is 0 Å². The Morgan fingerprint density at radius 2 is 1.57 bits per heavy atom. The van der Waals surface area contributed by atoms with Crippen LogP contribution in [0, 0.1) is 23.7 Å². The maximum Gasteiger partial charge on any atom is 0.304 e. The number of aliphatic hydroxyl groups excluding tert-OH is 1. The molecule has 4 fully saturated rings. The molecule has 4 saturated carbocycles. The van der Waals surface area contributed by atoms with Gasteiger partial charge in [-0.05, 0) is 54.9 Å². The van der Waals surface area contributed by atoms with E-state index in [1.54, 1.807) is 0 Å². The van der Waals surface area contributed by atoms with Crippen molar-refractivity contribution in [1.29, 1.82) is 0 Å². The topological polar surface area (TPSA) is 57.5 Å². The first-order valence-corrected chi connectivity index (χ1v) is 8.06. The van der Waals surface area contributed by atoms with Gasteiger partial charge < -0.3 is 10.2 Å². The van der Waals surface area contributed by atoms with E-state index in [-0.39, 0.29) is 17.9 Å². The lowest BCUT2D eigenvalue weighted by Gasteiger charge is -2.62. The minimum Gasteiger partial charge on any atom is -0.481 e. The third kappa shape index (κ3) is 1.80. The van der Waals surface area contributed by atoms with E-state index in [2.05, 4.69) is 12.1 Å². The van der Waals surface area contributed by atoms with Gasteiger partial charge in [0.05, 0.1) is 12.5 Å². The first kappa shape index (κ1) is 13.3. The molecule has 4 aliphatic carbocycles. The van der Waals surface area contributed by atoms with Crippen molar-refractivity contribution in [3.05, 3.63) is 35.9 Å². The minimum atomic E-state index is -0.688. The largest absolute Gasteiger partial charge is 0.481 e. The summed E-state index contributed by atoms with van der Waals surface area (Å²) in [7, 11) is 0. The van der Waals surface area contributed by atoms with Crippen LogP contribution >= 0.6 is 0 Å². The smallest absolute Gasteiger partial charge is 0.304 e. The average molecular weight is 286 g/mol. The number of benzene rings is 1. The number of carboxylic acids is 1. The van der Waals surface area contributed by atoms with Crippen LogP contribution < -0.4 is 0 Å². The summed E-state index contributed by atoms with van der Waals surface area (Å²) in [5.74, 6) is 0.951. The second kappa shape index (κ2) is 4.57. The quantitative estimate of drug-likeness (QED) is 0.898. The number of hydrogen-bond acceptors (Lipinski definition) is 2. The lowest BCUT2D eigenvalue weighted by atomic mass is 9.42. The van der Waals surface area contributed by atoms with Gasteiger partial charge in [0.25, 0.3) is 0 Å². The number of carboxylic acid groups (broad SMARTS) is 1. The molecule has 1 aromatic rings. The molecule has 0 radical (unpaired) electrons. The second-order valence-electron chi connectivity index (χ2n) is 7.32. The predicted molar refractivity (Wildman–Crippen MR) is 78.8 cm³/mol. The Bertz CT molecular complexity index is 521. The summed E-state index contributed by atoms with van der Waals surface area (Å²) >= 11 is 0. The number of aliphatic hydroxyl groups is 1. The minimum absolute atomic E-state index is 0.142. The number of aliphatic carboxylic acids is 1. The molecule has 0 atom stereocenters. The fraction of sp³-hybridized carbons (Fsp3) is 0.611. The lowest BCUT2D eigenvalue weighted by Crippen LogP contribution is -2.60. The van der Waals surface area contributed by atoms with E-state index in [0.717, 1.165) is 25.7 Å². The molecule has 21 heavy (non-hydrogen) atoms. The Morgan fingerprint density at radius 1 is 1.05 bits per heavy atom. The molecule has 112 valence electrons. The monoisotopic (exact) mass is 286 g/mol. The summed E-state index contributed by atoms with van der Waals surface area (Å²) in [5.41, 5.74) is 0.996. The standard InChI is InChI=1S/C18H22O3/c19-16(20)10-18(13-4-2-1-3-5-13)14-6-11-7-15(18)9-12(8-14)17(11)21/h1-5,11-12,14-15,17,21H,6-10H2,(H,19,20). The molecule has 4 bridgehead atoms. The van der Waals surface area contributed by atoms with Crippen LogP contribution in [0.4, 0.5) is 0 Å². The molecule has 0 aliphatic heterocycles. The van der Waals surface area contributed by atoms with Crippen LogP contribution in [0.5, 0.6) is 0 Å². The van der Waals surface area contributed by atoms with Crippen molar-refractivity contribution in [2.75, 3.05) is 0 Å². The summed E-state index contributed by atoms with van der Waals surface area (Å²) in [6.45, 7) is 0. The Morgan fingerprint density at radius 3 is 2.05 bits per heavy atom. The van der Waals surface area contributed by atoms with Gasteiger partial charge in [-0.25, -0.2) is 0 Å². The summed E-state index contributed by atoms with van der Waals surface area (Å²) in [5, 5.41) is 19.9. The van der Waals surface area contributed by atoms with Crippen LogP contribution in [0.1, 0.15) is 37.7 Å². The van der Waals surface area contributed by atoms with E-state index in [1.807, 2.05) is 18.2 Å². The second-order valence-corrected chi connectivity index (χ2v) is 7.32. The van der Waals surface area contributed by atoms with Gasteiger partial charge in [0.2, 0.25) is 0 Å². The van der Waals surface area contributed by atoms with Gasteiger partial charge in [0.1, 0.15) is 0 Å². The van der Waals surface area contributed by atoms with Gasteiger partial charge in [-0.3, -0.25) is 4.79 Å². The Labute approximate surface area is 125 Å². The van der Waals surface area contributed by atoms with Crippen molar-refractivity contribution in [3.63, 3.8) is 0 Å². The summed E-state index contributed by atoms with van der Waals surface area (Å²) in [6.07, 6.45) is 4.08. The normalized spacial score (nSPS) is 44.0. The SMILES string of the molecule is O=C(O)CC1(c2ccccc2)C2CC3CC1CC(C2)C3O. The summed E-state index contributed by atoms with van der Waals surface area (Å²) in [4.78, 5) is 11.6. The van der Waals surface area contributed by atoms with E-state index < -0.39 is 5.97 Å². The lowest BCUT2D eigenvalue weighted by molar-refractivity contribution is -0.156. The summed E-state index contributed by atoms with van der Waals surface area (Å²) < 4.78 is 0. The molecule has 4 aliphatic rings. The molecule has 2 N–H and O–H groups in total. The molecule has 0 amide bonds. The summed E-state index contributed by atoms with van der Waals surface area (Å²) in [6, 6.07) is 10.3. The van der Waals surface area contributed by atoms with E-state index in [0.29, 0.717) is 23.7 Å². The molecule has 3 nitrogen and oxygen atoms in total. The Kier molecular flexibility index (Phi) is 2.90. The van der Waals surface area contributed by atoms with Crippen LogP contribution in [0.25, 0.3) is 0 Å². The van der Waals surface area contributed by atoms with Gasteiger partial charge in [-0.15, -0.1) is 0 Å². The third-order valence-corrected chi connectivity index (χ3v) is 6.53. The van der Waals surface area contributed by atoms with E-state index in [1.165, 1.54) is 5.56 Å². The Balaban J connectivity index is 1.80. The van der Waals surface area contributed by atoms with Crippen molar-refractivity contribution < 1.29 is 15.0 Å². The molecule has 0 saturated heterocycles. The highest BCUT2D eigenvalue weighted by Gasteiger charge is 2.60. The van der Waals surface area contributed by atoms with Gasteiger partial charge in [0.15, 0.2) is 0 Å². The van der Waals surface area contributed by atoms with E-state index in [9.17, 15) is 15.0 Å². The van der Waals surface area contributed by atoms with Gasteiger partial charge in [-0.2, -0.15) is 0 Å². The van der Waals surface area contributed by atoms with Crippen LogP contribution in [0.2, 0.25) is 0 Å². The highest BCUT2D eigenvalue weighted by atomic mass is 16.4. The van der Waals surface area contributed by atoms with Crippen LogP contribution in [-0.2, 0) is 10.2 Å². The van der Waals surface area contributed by atoms with E-state index in [4.69, 9.17) is 0 Å². The van der Waals surface area contributed by atoms with Gasteiger partial charge in [0, 0.05) is 5.41 Å². The number of hydrogen-bond donors (Lipinski definition) is 2. The molecule has 0 aromatic heterocycles. The number of carbonyl (C=O) groups is 1. The van der Waals surface area contributed by atoms with Gasteiger partial charge >= 0.3 is 5.97 Å². The molecule has 3 heteroatoms. The first-order chi connectivity index (χ1) is 10.1. The van der Waals surface area contributed by atoms with Crippen molar-refractivity contribution in [2.24, 2.45) is 23.7 Å². The zero-order valence-corrected chi connectivity index (χ0v) is 12.1. The third-order valence-electron chi connectivity index (χ3n) is 6.53. The fourth-order valence-corrected chi connectivity index (χ4v) is 5.82. The number of rotatable bonds is 3. The fourth-order valence-electron chi connectivity index (χ4n) is 5.82. The average Bonchev–Trinajstić information content (AvgIpc) is 2.45. The van der Waals surface area contributed by atoms with Crippen molar-refractivity contribution >= 4 is 5.97 Å². The zero-order valence-electron chi connectivity index (χ0n) is 12.1. The zero-order chi connectivity index (χ0) is 14.6. The molecular weight excluding hydrogens is 264 g/mol. The maximum atomic E-state index is 11.6. The molecule has 5 rings (SSSR count). The highest BCUT2D eigenvalue weighted by molar-refractivity contribution is 5.69. The van der Waals surface area contributed by atoms with Crippen LogP contribution in [-0.4, -0.2) is 22.3 Å². The Hall–Kier alpha value is -1.35. The van der Waals surface area contributed by atoms with Crippen LogP contribution in [0.3, 0.4) is 0 Å².